The number of nitrogens with one attached hydrogen (secondary N) is 1. The maximum atomic E-state index is 5.38. The first-order valence-corrected chi connectivity index (χ1v) is 6.74. The van der Waals surface area contributed by atoms with E-state index in [-0.39, 0.29) is 0 Å². The number of aryl methyl sites for hydroxylation is 1. The minimum absolute atomic E-state index is 0.409. The molecular weight excluding hydrogens is 228 g/mol. The lowest BCUT2D eigenvalue weighted by Crippen LogP contribution is -2.37. The van der Waals surface area contributed by atoms with Gasteiger partial charge in [-0.2, -0.15) is 0 Å². The average molecular weight is 248 g/mol. The second-order valence-corrected chi connectivity index (χ2v) is 4.95. The van der Waals surface area contributed by atoms with E-state index in [9.17, 15) is 0 Å². The van der Waals surface area contributed by atoms with Crippen LogP contribution >= 0.6 is 0 Å². The first-order valence-electron chi connectivity index (χ1n) is 6.74. The highest BCUT2D eigenvalue weighted by Gasteiger charge is 2.20. The van der Waals surface area contributed by atoms with Crippen LogP contribution in [-0.2, 0) is 4.74 Å². The zero-order valence-electron chi connectivity index (χ0n) is 10.9. The molecular formula is C13H20N4O. The Balaban J connectivity index is 1.84. The van der Waals surface area contributed by atoms with E-state index in [0.717, 1.165) is 50.2 Å². The van der Waals surface area contributed by atoms with E-state index in [2.05, 4.69) is 26.3 Å². The van der Waals surface area contributed by atoms with Crippen LogP contribution < -0.4 is 10.2 Å². The molecule has 2 saturated heterocycles. The average Bonchev–Trinajstić information content (AvgIpc) is 2.93. The van der Waals surface area contributed by atoms with Crippen molar-refractivity contribution in [3.63, 3.8) is 0 Å². The van der Waals surface area contributed by atoms with Crippen LogP contribution in [0.25, 0.3) is 0 Å². The monoisotopic (exact) mass is 248 g/mol. The van der Waals surface area contributed by atoms with Crippen LogP contribution in [0.15, 0.2) is 6.07 Å². The van der Waals surface area contributed by atoms with Gasteiger partial charge in [-0.05, 0) is 26.3 Å². The predicted octanol–water partition coefficient (Wildman–Crippen LogP) is 1.05. The van der Waals surface area contributed by atoms with Crippen molar-refractivity contribution in [2.75, 3.05) is 37.7 Å². The van der Waals surface area contributed by atoms with Gasteiger partial charge in [0.05, 0.1) is 18.9 Å². The summed E-state index contributed by atoms with van der Waals surface area (Å²) in [5, 5.41) is 3.50. The Morgan fingerprint density at radius 1 is 1.33 bits per heavy atom. The van der Waals surface area contributed by atoms with Crippen LogP contribution in [0.5, 0.6) is 0 Å². The van der Waals surface area contributed by atoms with Crippen molar-refractivity contribution < 1.29 is 4.74 Å². The fourth-order valence-corrected chi connectivity index (χ4v) is 2.64. The minimum atomic E-state index is 0.409. The number of aromatic nitrogens is 2. The predicted molar refractivity (Wildman–Crippen MR) is 69.8 cm³/mol. The molecule has 0 aliphatic carbocycles. The quantitative estimate of drug-likeness (QED) is 0.847. The Bertz CT molecular complexity index is 411. The molecule has 0 radical (unpaired) electrons. The van der Waals surface area contributed by atoms with Gasteiger partial charge in [0.25, 0.3) is 0 Å². The first-order chi connectivity index (χ1) is 8.83. The number of anilines is 1. The summed E-state index contributed by atoms with van der Waals surface area (Å²) in [5.41, 5.74) is 1.14. The van der Waals surface area contributed by atoms with Gasteiger partial charge < -0.3 is 15.0 Å². The molecule has 0 amide bonds. The van der Waals surface area contributed by atoms with Gasteiger partial charge in [-0.1, -0.05) is 0 Å². The van der Waals surface area contributed by atoms with Crippen molar-refractivity contribution in [3.8, 4) is 0 Å². The van der Waals surface area contributed by atoms with Crippen molar-refractivity contribution >= 4 is 5.82 Å². The molecule has 1 N–H and O–H groups in total. The summed E-state index contributed by atoms with van der Waals surface area (Å²) < 4.78 is 5.38. The highest BCUT2D eigenvalue weighted by molar-refractivity contribution is 5.41. The highest BCUT2D eigenvalue weighted by Crippen LogP contribution is 2.24. The number of rotatable bonds is 2. The summed E-state index contributed by atoms with van der Waals surface area (Å²) in [7, 11) is 0. The van der Waals surface area contributed by atoms with Gasteiger partial charge in [0.2, 0.25) is 0 Å². The van der Waals surface area contributed by atoms with Crippen molar-refractivity contribution in [1.29, 1.82) is 0 Å². The lowest BCUT2D eigenvalue weighted by Gasteiger charge is -2.28. The second kappa shape index (κ2) is 5.20. The Labute approximate surface area is 108 Å². The van der Waals surface area contributed by atoms with Gasteiger partial charge in [-0.15, -0.1) is 0 Å². The van der Waals surface area contributed by atoms with Crippen molar-refractivity contribution in [2.45, 2.75) is 25.8 Å². The van der Waals surface area contributed by atoms with E-state index in [1.165, 1.54) is 12.8 Å². The Morgan fingerprint density at radius 3 is 2.89 bits per heavy atom. The smallest absolute Gasteiger partial charge is 0.132 e. The van der Waals surface area contributed by atoms with Gasteiger partial charge in [0, 0.05) is 25.2 Å². The molecule has 2 aliphatic heterocycles. The van der Waals surface area contributed by atoms with E-state index < -0.39 is 0 Å². The van der Waals surface area contributed by atoms with E-state index >= 15 is 0 Å². The van der Waals surface area contributed by atoms with Gasteiger partial charge in [-0.25, -0.2) is 9.97 Å². The Kier molecular flexibility index (Phi) is 3.43. The number of morpholine rings is 1. The normalized spacial score (nSPS) is 24.5. The molecule has 2 fully saturated rings. The third-order valence-corrected chi connectivity index (χ3v) is 3.60. The van der Waals surface area contributed by atoms with E-state index in [0.29, 0.717) is 6.04 Å². The summed E-state index contributed by atoms with van der Waals surface area (Å²) in [6, 6.07) is 2.55. The van der Waals surface area contributed by atoms with Crippen LogP contribution in [0.2, 0.25) is 0 Å². The lowest BCUT2D eigenvalue weighted by atomic mass is 10.1. The molecule has 5 heteroatoms. The molecule has 0 aromatic carbocycles. The fraction of sp³-hybridized carbons (Fsp3) is 0.692. The molecule has 5 nitrogen and oxygen atoms in total. The van der Waals surface area contributed by atoms with Gasteiger partial charge in [-0.3, -0.25) is 0 Å². The minimum Gasteiger partial charge on any atom is -0.378 e. The Morgan fingerprint density at radius 2 is 2.17 bits per heavy atom. The first kappa shape index (κ1) is 11.9. The summed E-state index contributed by atoms with van der Waals surface area (Å²) in [6.45, 7) is 6.51. The molecule has 18 heavy (non-hydrogen) atoms. The molecule has 1 aromatic heterocycles. The van der Waals surface area contributed by atoms with Crippen LogP contribution in [0, 0.1) is 6.92 Å². The summed E-state index contributed by atoms with van der Waals surface area (Å²) in [4.78, 5) is 11.4. The molecule has 1 unspecified atom stereocenters. The molecule has 0 spiro atoms. The molecule has 0 saturated carbocycles. The SMILES string of the molecule is Cc1nc(C2CCCN2)cc(N2CCOCC2)n1. The molecule has 98 valence electrons. The third kappa shape index (κ3) is 2.47. The van der Waals surface area contributed by atoms with E-state index in [1.54, 1.807) is 0 Å². The molecule has 3 heterocycles. The number of nitrogens with zero attached hydrogens (tertiary/aromatic N) is 3. The second-order valence-electron chi connectivity index (χ2n) is 4.95. The van der Waals surface area contributed by atoms with E-state index in [1.807, 2.05) is 6.92 Å². The molecule has 3 rings (SSSR count). The topological polar surface area (TPSA) is 50.3 Å². The van der Waals surface area contributed by atoms with Crippen molar-refractivity contribution in [3.05, 3.63) is 17.6 Å². The highest BCUT2D eigenvalue weighted by atomic mass is 16.5. The fourth-order valence-electron chi connectivity index (χ4n) is 2.64. The zero-order valence-corrected chi connectivity index (χ0v) is 10.9. The van der Waals surface area contributed by atoms with Crippen LogP contribution in [0.4, 0.5) is 5.82 Å². The molecule has 2 aliphatic rings. The van der Waals surface area contributed by atoms with Crippen molar-refractivity contribution in [1.82, 2.24) is 15.3 Å². The number of hydrogen-bond donors (Lipinski definition) is 1. The maximum absolute atomic E-state index is 5.38. The molecule has 1 atom stereocenters. The van der Waals surface area contributed by atoms with Gasteiger partial charge >= 0.3 is 0 Å². The largest absolute Gasteiger partial charge is 0.378 e. The third-order valence-electron chi connectivity index (χ3n) is 3.60. The Hall–Kier alpha value is -1.20. The molecule has 0 bridgehead atoms. The number of ether oxygens (including phenoxy) is 1. The summed E-state index contributed by atoms with van der Waals surface area (Å²) in [5.74, 6) is 1.91. The van der Waals surface area contributed by atoms with Crippen LogP contribution in [0.1, 0.15) is 30.4 Å². The van der Waals surface area contributed by atoms with Crippen LogP contribution in [-0.4, -0.2) is 42.8 Å². The maximum Gasteiger partial charge on any atom is 0.132 e. The standard InChI is InChI=1S/C13H20N4O/c1-10-15-12(11-3-2-4-14-11)9-13(16-10)17-5-7-18-8-6-17/h9,11,14H,2-8H2,1H3. The van der Waals surface area contributed by atoms with Crippen molar-refractivity contribution in [2.24, 2.45) is 0 Å². The summed E-state index contributed by atoms with van der Waals surface area (Å²) in [6.07, 6.45) is 2.42. The van der Waals surface area contributed by atoms with E-state index in [4.69, 9.17) is 4.74 Å². The summed E-state index contributed by atoms with van der Waals surface area (Å²) >= 11 is 0. The number of hydrogen-bond acceptors (Lipinski definition) is 5. The van der Waals surface area contributed by atoms with Gasteiger partial charge in [0.1, 0.15) is 11.6 Å². The zero-order chi connectivity index (χ0) is 12.4. The van der Waals surface area contributed by atoms with Gasteiger partial charge in [0.15, 0.2) is 0 Å². The lowest BCUT2D eigenvalue weighted by molar-refractivity contribution is 0.122. The van der Waals surface area contributed by atoms with Crippen LogP contribution in [0.3, 0.4) is 0 Å². The molecule has 1 aromatic rings.